The van der Waals surface area contributed by atoms with E-state index >= 15 is 0 Å². The fraction of sp³-hybridized carbons (Fsp3) is 0.538. The molecule has 0 bridgehead atoms. The van der Waals surface area contributed by atoms with E-state index in [0.29, 0.717) is 0 Å². The molecule has 144 valence electrons. The van der Waals surface area contributed by atoms with E-state index in [1.807, 2.05) is 0 Å². The predicted molar refractivity (Wildman–Crippen MR) is 92.4 cm³/mol. The summed E-state index contributed by atoms with van der Waals surface area (Å²) in [6.45, 7) is -0.0398. The lowest BCUT2D eigenvalue weighted by molar-refractivity contribution is -0.138. The Bertz CT molecular complexity index is 642. The van der Waals surface area contributed by atoms with Crippen LogP contribution in [0.3, 0.4) is 0 Å². The third kappa shape index (κ3) is 6.72. The number of primary amides is 1. The van der Waals surface area contributed by atoms with Crippen molar-refractivity contribution in [3.8, 4) is 0 Å². The van der Waals surface area contributed by atoms with Crippen LogP contribution in [0.4, 0.5) is 4.79 Å². The Balaban J connectivity index is 2.53. The van der Waals surface area contributed by atoms with Crippen molar-refractivity contribution in [2.45, 2.75) is 31.3 Å². The molecule has 0 radical (unpaired) electrons. The second-order valence-corrected chi connectivity index (χ2v) is 5.62. The standard InChI is InChI=1S/C13H23N9O4/c1-22(7-5-18-13(20-10(7)25)21-12(17)26)9(24)4-6(14)2-3-8(23)19-11(15)16/h6-7H,2-5,14H2,1H3,(H4,15,16,19,23)(H4,17,18,20,21,25,26)/t6-,7?/m0/s1. The average Bonchev–Trinajstić information content (AvgIpc) is 2.51. The summed E-state index contributed by atoms with van der Waals surface area (Å²) >= 11 is 0. The zero-order valence-electron chi connectivity index (χ0n) is 14.3. The zero-order valence-corrected chi connectivity index (χ0v) is 14.3. The van der Waals surface area contributed by atoms with Gasteiger partial charge in [-0.3, -0.25) is 25.0 Å². The summed E-state index contributed by atoms with van der Waals surface area (Å²) in [6, 6.07) is -2.32. The summed E-state index contributed by atoms with van der Waals surface area (Å²) in [4.78, 5) is 54.9. The number of carbonyl (C=O) groups is 4. The zero-order chi connectivity index (χ0) is 19.9. The normalized spacial score (nSPS) is 17.4. The maximum Gasteiger partial charge on any atom is 0.318 e. The Kier molecular flexibility index (Phi) is 7.46. The fourth-order valence-electron chi connectivity index (χ4n) is 2.14. The highest BCUT2D eigenvalue weighted by molar-refractivity contribution is 6.07. The van der Waals surface area contributed by atoms with Crippen LogP contribution in [0, 0.1) is 0 Å². The molecule has 0 spiro atoms. The molecule has 5 amide bonds. The van der Waals surface area contributed by atoms with Gasteiger partial charge >= 0.3 is 6.03 Å². The van der Waals surface area contributed by atoms with Crippen molar-refractivity contribution in [1.29, 1.82) is 0 Å². The van der Waals surface area contributed by atoms with Gasteiger partial charge in [0.25, 0.3) is 5.91 Å². The SMILES string of the molecule is CN(C(=O)C[C@@H](N)CCC(=O)N=C(N)N)C1CN=C(NC(N)=O)NC1=O. The van der Waals surface area contributed by atoms with Gasteiger partial charge in [-0.05, 0) is 6.42 Å². The second kappa shape index (κ2) is 9.31. The van der Waals surface area contributed by atoms with Gasteiger partial charge in [0, 0.05) is 25.9 Å². The number of nitrogens with one attached hydrogen (secondary N) is 2. The Labute approximate surface area is 149 Å². The van der Waals surface area contributed by atoms with E-state index in [0.717, 1.165) is 0 Å². The molecule has 13 nitrogen and oxygen atoms in total. The number of urea groups is 1. The molecular weight excluding hydrogens is 346 g/mol. The minimum absolute atomic E-state index is 0.00752. The summed E-state index contributed by atoms with van der Waals surface area (Å²) in [5.41, 5.74) is 20.9. The number of hydrogen-bond donors (Lipinski definition) is 6. The van der Waals surface area contributed by atoms with Crippen LogP contribution in [0.25, 0.3) is 0 Å². The highest BCUT2D eigenvalue weighted by Gasteiger charge is 2.31. The van der Waals surface area contributed by atoms with E-state index in [2.05, 4.69) is 20.6 Å². The van der Waals surface area contributed by atoms with E-state index in [4.69, 9.17) is 22.9 Å². The van der Waals surface area contributed by atoms with E-state index in [1.165, 1.54) is 11.9 Å². The lowest BCUT2D eigenvalue weighted by atomic mass is 10.1. The minimum Gasteiger partial charge on any atom is -0.370 e. The topological polar surface area (TPSA) is 224 Å². The van der Waals surface area contributed by atoms with Gasteiger partial charge < -0.3 is 27.8 Å². The molecule has 1 heterocycles. The van der Waals surface area contributed by atoms with Crippen LogP contribution in [-0.2, 0) is 14.4 Å². The highest BCUT2D eigenvalue weighted by Crippen LogP contribution is 2.08. The third-order valence-corrected chi connectivity index (χ3v) is 3.49. The predicted octanol–water partition coefficient (Wildman–Crippen LogP) is -3.73. The molecule has 0 fully saturated rings. The molecule has 1 unspecified atom stereocenters. The Morgan fingerprint density at radius 3 is 2.58 bits per heavy atom. The number of amides is 5. The Morgan fingerprint density at radius 1 is 1.38 bits per heavy atom. The largest absolute Gasteiger partial charge is 0.370 e. The molecule has 1 aliphatic heterocycles. The lowest BCUT2D eigenvalue weighted by Crippen LogP contribution is -2.58. The van der Waals surface area contributed by atoms with Gasteiger partial charge in [0.05, 0.1) is 6.54 Å². The molecule has 13 heteroatoms. The summed E-state index contributed by atoms with van der Waals surface area (Å²) in [6.07, 6.45) is 0.120. The second-order valence-electron chi connectivity index (χ2n) is 5.62. The highest BCUT2D eigenvalue weighted by atomic mass is 16.2. The van der Waals surface area contributed by atoms with Crippen molar-refractivity contribution in [2.75, 3.05) is 13.6 Å². The third-order valence-electron chi connectivity index (χ3n) is 3.49. The van der Waals surface area contributed by atoms with Crippen LogP contribution < -0.4 is 33.6 Å². The molecular formula is C13H23N9O4. The molecule has 10 N–H and O–H groups in total. The minimum atomic E-state index is -0.867. The van der Waals surface area contributed by atoms with E-state index in [9.17, 15) is 19.2 Å². The van der Waals surface area contributed by atoms with Gasteiger partial charge in [-0.2, -0.15) is 4.99 Å². The monoisotopic (exact) mass is 369 g/mol. The first-order valence-corrected chi connectivity index (χ1v) is 7.65. The molecule has 2 atom stereocenters. The molecule has 0 aromatic heterocycles. The molecule has 1 rings (SSSR count). The number of likely N-dealkylation sites (N-methyl/N-ethyl adjacent to an activating group) is 1. The van der Waals surface area contributed by atoms with Crippen LogP contribution in [-0.4, -0.2) is 66.2 Å². The van der Waals surface area contributed by atoms with Gasteiger partial charge in [-0.25, -0.2) is 9.79 Å². The maximum absolute atomic E-state index is 12.3. The molecule has 0 aromatic carbocycles. The summed E-state index contributed by atoms with van der Waals surface area (Å²) in [5, 5.41) is 4.48. The number of guanidine groups is 2. The molecule has 0 saturated heterocycles. The van der Waals surface area contributed by atoms with E-state index in [-0.39, 0.29) is 37.7 Å². The molecule has 0 aromatic rings. The van der Waals surface area contributed by atoms with E-state index in [1.54, 1.807) is 0 Å². The van der Waals surface area contributed by atoms with Crippen molar-refractivity contribution >= 4 is 35.7 Å². The number of carbonyl (C=O) groups excluding carboxylic acids is 4. The van der Waals surface area contributed by atoms with Gasteiger partial charge in [0.15, 0.2) is 5.96 Å². The van der Waals surface area contributed by atoms with Gasteiger partial charge in [-0.15, -0.1) is 0 Å². The number of hydrogen-bond acceptors (Lipinski definition) is 6. The van der Waals surface area contributed by atoms with Crippen molar-refractivity contribution in [1.82, 2.24) is 15.5 Å². The van der Waals surface area contributed by atoms with E-state index < -0.39 is 35.8 Å². The summed E-state index contributed by atoms with van der Waals surface area (Å²) in [5.74, 6) is -1.86. The number of rotatable bonds is 6. The van der Waals surface area contributed by atoms with Crippen molar-refractivity contribution < 1.29 is 19.2 Å². The average molecular weight is 369 g/mol. The van der Waals surface area contributed by atoms with Crippen LogP contribution in [0.1, 0.15) is 19.3 Å². The molecule has 0 aliphatic carbocycles. The quantitative estimate of drug-likeness (QED) is 0.202. The lowest BCUT2D eigenvalue weighted by Gasteiger charge is -2.30. The Morgan fingerprint density at radius 2 is 2.04 bits per heavy atom. The van der Waals surface area contributed by atoms with Gasteiger partial charge in [0.1, 0.15) is 6.04 Å². The molecule has 26 heavy (non-hydrogen) atoms. The maximum atomic E-state index is 12.3. The van der Waals surface area contributed by atoms with Gasteiger partial charge in [-0.1, -0.05) is 0 Å². The number of nitrogens with two attached hydrogens (primary N) is 4. The van der Waals surface area contributed by atoms with Crippen LogP contribution in [0.2, 0.25) is 0 Å². The molecule has 1 aliphatic rings. The first kappa shape index (κ1) is 20.8. The Hall–Kier alpha value is -3.22. The first-order valence-electron chi connectivity index (χ1n) is 7.65. The van der Waals surface area contributed by atoms with Crippen molar-refractivity contribution in [3.63, 3.8) is 0 Å². The van der Waals surface area contributed by atoms with Crippen LogP contribution >= 0.6 is 0 Å². The number of nitrogens with zero attached hydrogens (tertiary/aromatic N) is 3. The first-order chi connectivity index (χ1) is 12.1. The van der Waals surface area contributed by atoms with Crippen LogP contribution in [0.5, 0.6) is 0 Å². The van der Waals surface area contributed by atoms with Crippen LogP contribution in [0.15, 0.2) is 9.98 Å². The fourth-order valence-corrected chi connectivity index (χ4v) is 2.14. The smallest absolute Gasteiger partial charge is 0.318 e. The number of aliphatic imine (C=N–C) groups is 2. The molecule has 0 saturated carbocycles. The summed E-state index contributed by atoms with van der Waals surface area (Å²) in [7, 11) is 1.44. The van der Waals surface area contributed by atoms with Crippen molar-refractivity contribution in [2.24, 2.45) is 32.9 Å². The van der Waals surface area contributed by atoms with Crippen molar-refractivity contribution in [3.05, 3.63) is 0 Å². The summed E-state index contributed by atoms with van der Waals surface area (Å²) < 4.78 is 0. The van der Waals surface area contributed by atoms with Gasteiger partial charge in [0.2, 0.25) is 17.8 Å².